The molecule has 0 radical (unpaired) electrons. The lowest BCUT2D eigenvalue weighted by Crippen LogP contribution is -2.30. The van der Waals surface area contributed by atoms with Gasteiger partial charge in [0.25, 0.3) is 5.91 Å². The maximum Gasteiger partial charge on any atom is 0.276 e. The van der Waals surface area contributed by atoms with E-state index in [4.69, 9.17) is 8.83 Å². The molecule has 3 aromatic heterocycles. The maximum absolute atomic E-state index is 13.0. The van der Waals surface area contributed by atoms with Crippen LogP contribution in [0.4, 0.5) is 0 Å². The van der Waals surface area contributed by atoms with Crippen molar-refractivity contribution in [1.29, 1.82) is 0 Å². The van der Waals surface area contributed by atoms with E-state index in [9.17, 15) is 4.79 Å². The SMILES string of the molecule is O=C(c1cn(Cc2ccccc2)nn1)N(Cc1ccco1)Cc1ccco1. The van der Waals surface area contributed by atoms with E-state index in [1.807, 2.05) is 42.5 Å². The average molecular weight is 362 g/mol. The molecule has 3 heterocycles. The van der Waals surface area contributed by atoms with Gasteiger partial charge >= 0.3 is 0 Å². The second-order valence-electron chi connectivity index (χ2n) is 6.11. The van der Waals surface area contributed by atoms with Crippen molar-refractivity contribution in [3.8, 4) is 0 Å². The van der Waals surface area contributed by atoms with Crippen LogP contribution in [0.1, 0.15) is 27.6 Å². The van der Waals surface area contributed by atoms with Gasteiger partial charge in [-0.2, -0.15) is 0 Å². The van der Waals surface area contributed by atoms with E-state index in [2.05, 4.69) is 10.3 Å². The predicted molar refractivity (Wildman–Crippen MR) is 96.6 cm³/mol. The highest BCUT2D eigenvalue weighted by Gasteiger charge is 2.21. The minimum absolute atomic E-state index is 0.234. The summed E-state index contributed by atoms with van der Waals surface area (Å²) in [5.41, 5.74) is 1.37. The molecule has 0 aliphatic carbocycles. The third kappa shape index (κ3) is 4.14. The molecule has 0 N–H and O–H groups in total. The molecule has 4 rings (SSSR count). The standard InChI is InChI=1S/C20H18N4O3/c25-20(19-15-24(22-21-19)12-16-6-2-1-3-7-16)23(13-17-8-4-10-26-17)14-18-9-5-11-27-18/h1-11,15H,12-14H2. The first-order valence-electron chi connectivity index (χ1n) is 8.56. The quantitative estimate of drug-likeness (QED) is 0.504. The molecule has 136 valence electrons. The molecule has 0 saturated heterocycles. The number of amides is 1. The van der Waals surface area contributed by atoms with Crippen LogP contribution in [0.3, 0.4) is 0 Å². The first-order valence-corrected chi connectivity index (χ1v) is 8.56. The van der Waals surface area contributed by atoms with E-state index >= 15 is 0 Å². The van der Waals surface area contributed by atoms with E-state index < -0.39 is 0 Å². The fourth-order valence-corrected chi connectivity index (χ4v) is 2.79. The Bertz CT molecular complexity index is 939. The summed E-state index contributed by atoms with van der Waals surface area (Å²) in [5.74, 6) is 1.14. The molecule has 0 aliphatic heterocycles. The Kier molecular flexibility index (Phi) is 4.82. The number of furan rings is 2. The van der Waals surface area contributed by atoms with Crippen LogP contribution in [-0.4, -0.2) is 25.8 Å². The summed E-state index contributed by atoms with van der Waals surface area (Å²) in [6.45, 7) is 1.19. The molecule has 4 aromatic rings. The van der Waals surface area contributed by atoms with Crippen molar-refractivity contribution in [3.05, 3.63) is 96.1 Å². The Morgan fingerprint density at radius 3 is 2.19 bits per heavy atom. The van der Waals surface area contributed by atoms with Gasteiger partial charge in [-0.3, -0.25) is 4.79 Å². The Morgan fingerprint density at radius 2 is 1.59 bits per heavy atom. The van der Waals surface area contributed by atoms with Gasteiger partial charge in [0.2, 0.25) is 0 Å². The predicted octanol–water partition coefficient (Wildman–Crippen LogP) is 3.36. The minimum atomic E-state index is -0.234. The van der Waals surface area contributed by atoms with Crippen molar-refractivity contribution < 1.29 is 13.6 Å². The van der Waals surface area contributed by atoms with Gasteiger partial charge in [0.15, 0.2) is 5.69 Å². The fraction of sp³-hybridized carbons (Fsp3) is 0.150. The molecule has 0 bridgehead atoms. The molecule has 1 aromatic carbocycles. The van der Waals surface area contributed by atoms with E-state index in [0.29, 0.717) is 31.2 Å². The molecule has 27 heavy (non-hydrogen) atoms. The van der Waals surface area contributed by atoms with E-state index in [1.54, 1.807) is 40.4 Å². The maximum atomic E-state index is 13.0. The van der Waals surface area contributed by atoms with Gasteiger partial charge in [0.05, 0.1) is 38.4 Å². The third-order valence-corrected chi connectivity index (χ3v) is 4.09. The summed E-state index contributed by atoms with van der Waals surface area (Å²) in [7, 11) is 0. The zero-order valence-electron chi connectivity index (χ0n) is 14.6. The third-order valence-electron chi connectivity index (χ3n) is 4.09. The zero-order valence-corrected chi connectivity index (χ0v) is 14.6. The van der Waals surface area contributed by atoms with Crippen LogP contribution in [0, 0.1) is 0 Å². The van der Waals surface area contributed by atoms with Crippen molar-refractivity contribution in [1.82, 2.24) is 19.9 Å². The van der Waals surface area contributed by atoms with E-state index in [1.165, 1.54) is 0 Å². The normalized spacial score (nSPS) is 10.8. The van der Waals surface area contributed by atoms with Gasteiger partial charge in [0.1, 0.15) is 11.5 Å². The summed E-state index contributed by atoms with van der Waals surface area (Å²) in [6.07, 6.45) is 4.83. The number of aromatic nitrogens is 3. The number of nitrogens with zero attached hydrogens (tertiary/aromatic N) is 4. The molecule has 0 unspecified atom stereocenters. The average Bonchev–Trinajstić information content (AvgIpc) is 3.45. The summed E-state index contributed by atoms with van der Waals surface area (Å²) in [6, 6.07) is 17.1. The molecule has 0 atom stereocenters. The van der Waals surface area contributed by atoms with Crippen molar-refractivity contribution in [3.63, 3.8) is 0 Å². The Hall–Kier alpha value is -3.61. The van der Waals surface area contributed by atoms with Gasteiger partial charge in [-0.25, -0.2) is 4.68 Å². The molecular formula is C20H18N4O3. The number of carbonyl (C=O) groups is 1. The number of hydrogen-bond donors (Lipinski definition) is 0. The summed E-state index contributed by atoms with van der Waals surface area (Å²) in [5, 5.41) is 8.13. The first kappa shape index (κ1) is 16.8. The summed E-state index contributed by atoms with van der Waals surface area (Å²) < 4.78 is 12.4. The largest absolute Gasteiger partial charge is 0.467 e. The van der Waals surface area contributed by atoms with Crippen molar-refractivity contribution >= 4 is 5.91 Å². The molecule has 7 nitrogen and oxygen atoms in total. The number of carbonyl (C=O) groups excluding carboxylic acids is 1. The molecule has 1 amide bonds. The zero-order chi connectivity index (χ0) is 18.5. The summed E-state index contributed by atoms with van der Waals surface area (Å²) in [4.78, 5) is 14.6. The van der Waals surface area contributed by atoms with E-state index in [-0.39, 0.29) is 11.6 Å². The van der Waals surface area contributed by atoms with Crippen LogP contribution >= 0.6 is 0 Å². The Morgan fingerprint density at radius 1 is 0.926 bits per heavy atom. The lowest BCUT2D eigenvalue weighted by atomic mass is 10.2. The molecule has 0 spiro atoms. The van der Waals surface area contributed by atoms with E-state index in [0.717, 1.165) is 5.56 Å². The van der Waals surface area contributed by atoms with Crippen molar-refractivity contribution in [2.45, 2.75) is 19.6 Å². The lowest BCUT2D eigenvalue weighted by molar-refractivity contribution is 0.0698. The lowest BCUT2D eigenvalue weighted by Gasteiger charge is -2.19. The highest BCUT2D eigenvalue weighted by atomic mass is 16.3. The van der Waals surface area contributed by atoms with Gasteiger partial charge in [-0.15, -0.1) is 5.10 Å². The minimum Gasteiger partial charge on any atom is -0.467 e. The highest BCUT2D eigenvalue weighted by Crippen LogP contribution is 2.14. The topological polar surface area (TPSA) is 77.3 Å². The smallest absolute Gasteiger partial charge is 0.276 e. The van der Waals surface area contributed by atoms with Crippen LogP contribution in [-0.2, 0) is 19.6 Å². The second-order valence-corrected chi connectivity index (χ2v) is 6.11. The molecule has 0 fully saturated rings. The van der Waals surface area contributed by atoms with Crippen LogP contribution in [0.15, 0.2) is 82.2 Å². The number of benzene rings is 1. The van der Waals surface area contributed by atoms with Crippen LogP contribution in [0.5, 0.6) is 0 Å². The Labute approximate surface area is 155 Å². The molecule has 0 aliphatic rings. The van der Waals surface area contributed by atoms with Gasteiger partial charge < -0.3 is 13.7 Å². The van der Waals surface area contributed by atoms with Gasteiger partial charge in [-0.1, -0.05) is 35.5 Å². The molecular weight excluding hydrogens is 344 g/mol. The fourth-order valence-electron chi connectivity index (χ4n) is 2.79. The first-order chi connectivity index (χ1) is 13.3. The van der Waals surface area contributed by atoms with Crippen molar-refractivity contribution in [2.75, 3.05) is 0 Å². The molecule has 0 saturated carbocycles. The Balaban J connectivity index is 1.52. The highest BCUT2D eigenvalue weighted by molar-refractivity contribution is 5.91. The van der Waals surface area contributed by atoms with Crippen LogP contribution in [0.25, 0.3) is 0 Å². The monoisotopic (exact) mass is 362 g/mol. The van der Waals surface area contributed by atoms with Crippen LogP contribution in [0.2, 0.25) is 0 Å². The molecule has 7 heteroatoms. The van der Waals surface area contributed by atoms with Crippen molar-refractivity contribution in [2.24, 2.45) is 0 Å². The van der Waals surface area contributed by atoms with Crippen LogP contribution < -0.4 is 0 Å². The van der Waals surface area contributed by atoms with Gasteiger partial charge in [-0.05, 0) is 29.8 Å². The van der Waals surface area contributed by atoms with Gasteiger partial charge in [0, 0.05) is 0 Å². The number of hydrogen-bond acceptors (Lipinski definition) is 5. The number of rotatable bonds is 7. The second kappa shape index (κ2) is 7.74. The summed E-state index contributed by atoms with van der Waals surface area (Å²) >= 11 is 0.